The van der Waals surface area contributed by atoms with Gasteiger partial charge in [0.05, 0.1) is 0 Å². The third-order valence-corrected chi connectivity index (χ3v) is 5.03. The van der Waals surface area contributed by atoms with Crippen molar-refractivity contribution in [2.24, 2.45) is 10.9 Å². The highest BCUT2D eigenvalue weighted by atomic mass is 35.5. The topological polar surface area (TPSA) is 32.7 Å². The van der Waals surface area contributed by atoms with Crippen molar-refractivity contribution in [2.45, 2.75) is 31.2 Å². The number of allylic oxidation sites excluding steroid dienone is 7. The van der Waals surface area contributed by atoms with Crippen molar-refractivity contribution in [3.63, 3.8) is 0 Å². The molecule has 4 heteroatoms. The molecular formula is C18H17ClN2O. The fraction of sp³-hybridized carbons (Fsp3) is 0.333. The number of fused-ring (bicyclic) bond motifs is 2. The second kappa shape index (κ2) is 5.10. The van der Waals surface area contributed by atoms with Crippen LogP contribution in [-0.4, -0.2) is 22.2 Å². The van der Waals surface area contributed by atoms with Crippen molar-refractivity contribution in [2.75, 3.05) is 0 Å². The van der Waals surface area contributed by atoms with Crippen LogP contribution in [0.25, 0.3) is 0 Å². The summed E-state index contributed by atoms with van der Waals surface area (Å²) in [7, 11) is 0. The number of aliphatic imine (C=N–C) groups is 1. The molecule has 0 N–H and O–H groups in total. The zero-order chi connectivity index (χ0) is 15.2. The number of hydrogen-bond acceptors (Lipinski definition) is 2. The molecule has 112 valence electrons. The average molecular weight is 313 g/mol. The van der Waals surface area contributed by atoms with Crippen molar-refractivity contribution in [1.29, 1.82) is 0 Å². The van der Waals surface area contributed by atoms with Gasteiger partial charge < -0.3 is 4.90 Å². The summed E-state index contributed by atoms with van der Waals surface area (Å²) in [5, 5.41) is 0.867. The van der Waals surface area contributed by atoms with E-state index in [1.807, 2.05) is 24.3 Å². The second-order valence-corrected chi connectivity index (χ2v) is 6.62. The summed E-state index contributed by atoms with van der Waals surface area (Å²) in [5.74, 6) is 0.968. The summed E-state index contributed by atoms with van der Waals surface area (Å²) in [4.78, 5) is 18.8. The minimum atomic E-state index is -0.596. The molecule has 4 aliphatic rings. The van der Waals surface area contributed by atoms with E-state index in [4.69, 9.17) is 11.6 Å². The van der Waals surface area contributed by atoms with Crippen molar-refractivity contribution < 1.29 is 4.79 Å². The molecule has 2 unspecified atom stereocenters. The fourth-order valence-corrected chi connectivity index (χ4v) is 3.78. The summed E-state index contributed by atoms with van der Waals surface area (Å²) in [6.45, 7) is 0. The van der Waals surface area contributed by atoms with E-state index in [1.54, 1.807) is 0 Å². The van der Waals surface area contributed by atoms with E-state index in [2.05, 4.69) is 34.3 Å². The second-order valence-electron chi connectivity index (χ2n) is 6.14. The Morgan fingerprint density at radius 3 is 3.05 bits per heavy atom. The number of halogens is 1. The molecule has 1 amide bonds. The van der Waals surface area contributed by atoms with Gasteiger partial charge in [0.15, 0.2) is 0 Å². The van der Waals surface area contributed by atoms with Gasteiger partial charge >= 0.3 is 0 Å². The SMILES string of the molecule is O=C1N=C2C=CC(C3C=CC=C(Cl)C3)=CN2C12C=CCCC2. The van der Waals surface area contributed by atoms with Crippen molar-refractivity contribution >= 4 is 23.3 Å². The lowest BCUT2D eigenvalue weighted by atomic mass is 9.84. The lowest BCUT2D eigenvalue weighted by Gasteiger charge is -2.37. The number of carbonyl (C=O) groups is 1. The zero-order valence-electron chi connectivity index (χ0n) is 12.2. The van der Waals surface area contributed by atoms with Crippen molar-refractivity contribution in [3.8, 4) is 0 Å². The molecule has 0 fully saturated rings. The van der Waals surface area contributed by atoms with E-state index in [0.717, 1.165) is 36.6 Å². The van der Waals surface area contributed by atoms with Gasteiger partial charge in [0.25, 0.3) is 5.91 Å². The Balaban J connectivity index is 1.70. The molecule has 3 nitrogen and oxygen atoms in total. The molecule has 0 radical (unpaired) electrons. The predicted octanol–water partition coefficient (Wildman–Crippen LogP) is 3.86. The number of amides is 1. The van der Waals surface area contributed by atoms with Crippen LogP contribution in [0.4, 0.5) is 0 Å². The maximum Gasteiger partial charge on any atom is 0.277 e. The van der Waals surface area contributed by atoms with Crippen LogP contribution in [0.3, 0.4) is 0 Å². The first-order valence-corrected chi connectivity index (χ1v) is 8.10. The highest BCUT2D eigenvalue weighted by molar-refractivity contribution is 6.29. The third-order valence-electron chi connectivity index (χ3n) is 4.75. The summed E-state index contributed by atoms with van der Waals surface area (Å²) in [6.07, 6.45) is 20.0. The van der Waals surface area contributed by atoms with Crippen LogP contribution in [-0.2, 0) is 4.79 Å². The molecule has 22 heavy (non-hydrogen) atoms. The van der Waals surface area contributed by atoms with Gasteiger partial charge in [0.1, 0.15) is 11.4 Å². The van der Waals surface area contributed by atoms with Crippen LogP contribution in [0.2, 0.25) is 0 Å². The van der Waals surface area contributed by atoms with Gasteiger partial charge in [-0.2, -0.15) is 4.99 Å². The molecule has 1 spiro atoms. The highest BCUT2D eigenvalue weighted by Crippen LogP contribution is 2.39. The first-order valence-electron chi connectivity index (χ1n) is 7.72. The lowest BCUT2D eigenvalue weighted by molar-refractivity contribution is -0.123. The van der Waals surface area contributed by atoms with E-state index in [1.165, 1.54) is 5.57 Å². The Morgan fingerprint density at radius 1 is 1.36 bits per heavy atom. The van der Waals surface area contributed by atoms with E-state index >= 15 is 0 Å². The van der Waals surface area contributed by atoms with Crippen molar-refractivity contribution in [1.82, 2.24) is 4.90 Å². The maximum absolute atomic E-state index is 12.5. The smallest absolute Gasteiger partial charge is 0.277 e. The Kier molecular flexibility index (Phi) is 3.19. The van der Waals surface area contributed by atoms with Gasteiger partial charge in [-0.1, -0.05) is 42.0 Å². The van der Waals surface area contributed by atoms with Gasteiger partial charge in [-0.3, -0.25) is 4.79 Å². The van der Waals surface area contributed by atoms with Crippen LogP contribution in [0, 0.1) is 5.92 Å². The summed E-state index contributed by atoms with van der Waals surface area (Å²) < 4.78 is 0. The number of hydrogen-bond donors (Lipinski definition) is 0. The molecule has 2 aliphatic carbocycles. The van der Waals surface area contributed by atoms with Crippen LogP contribution in [0.5, 0.6) is 0 Å². The molecule has 2 atom stereocenters. The van der Waals surface area contributed by atoms with Crippen LogP contribution >= 0.6 is 11.6 Å². The zero-order valence-corrected chi connectivity index (χ0v) is 13.0. The fourth-order valence-electron chi connectivity index (χ4n) is 3.54. The van der Waals surface area contributed by atoms with E-state index < -0.39 is 5.54 Å². The van der Waals surface area contributed by atoms with Crippen LogP contribution < -0.4 is 0 Å². The van der Waals surface area contributed by atoms with Crippen LogP contribution in [0.1, 0.15) is 25.7 Å². The van der Waals surface area contributed by atoms with E-state index in [0.29, 0.717) is 0 Å². The molecule has 2 heterocycles. The average Bonchev–Trinajstić information content (AvgIpc) is 2.80. The molecule has 0 aromatic carbocycles. The van der Waals surface area contributed by atoms with Gasteiger partial charge in [0, 0.05) is 17.2 Å². The van der Waals surface area contributed by atoms with Crippen molar-refractivity contribution in [3.05, 3.63) is 59.3 Å². The molecule has 0 saturated heterocycles. The molecule has 0 saturated carbocycles. The number of amidine groups is 1. The minimum Gasteiger partial charge on any atom is -0.314 e. The summed E-state index contributed by atoms with van der Waals surface area (Å²) in [6, 6.07) is 0. The first kappa shape index (κ1) is 13.8. The summed E-state index contributed by atoms with van der Waals surface area (Å²) in [5.41, 5.74) is 0.580. The Hall–Kier alpha value is -1.87. The Labute approximate surface area is 135 Å². The Morgan fingerprint density at radius 2 is 2.27 bits per heavy atom. The summed E-state index contributed by atoms with van der Waals surface area (Å²) >= 11 is 6.16. The lowest BCUT2D eigenvalue weighted by Crippen LogP contribution is -2.48. The monoisotopic (exact) mass is 312 g/mol. The molecule has 0 aromatic rings. The standard InChI is InChI=1S/C18H17ClN2O/c19-15-6-4-5-13(11-15)14-7-8-16-20-17(22)18(21(16)12-14)9-2-1-3-10-18/h2,4-9,12-13H,1,3,10-11H2. The van der Waals surface area contributed by atoms with Gasteiger partial charge in [-0.05, 0) is 43.4 Å². The number of carbonyl (C=O) groups excluding carboxylic acids is 1. The highest BCUT2D eigenvalue weighted by Gasteiger charge is 2.48. The largest absolute Gasteiger partial charge is 0.314 e. The molecule has 0 bridgehead atoms. The molecule has 2 aliphatic heterocycles. The normalized spacial score (nSPS) is 33.0. The van der Waals surface area contributed by atoms with Gasteiger partial charge in [-0.25, -0.2) is 0 Å². The Bertz CT molecular complexity index is 711. The number of rotatable bonds is 1. The third kappa shape index (κ3) is 2.03. The molecular weight excluding hydrogens is 296 g/mol. The minimum absolute atomic E-state index is 0.0438. The van der Waals surface area contributed by atoms with E-state index in [-0.39, 0.29) is 11.8 Å². The van der Waals surface area contributed by atoms with Crippen LogP contribution in [0.15, 0.2) is 64.3 Å². The molecule has 4 rings (SSSR count). The molecule has 0 aromatic heterocycles. The quantitative estimate of drug-likeness (QED) is 0.689. The number of nitrogens with zero attached hydrogens (tertiary/aromatic N) is 2. The van der Waals surface area contributed by atoms with Gasteiger partial charge in [-0.15, -0.1) is 0 Å². The van der Waals surface area contributed by atoms with Gasteiger partial charge in [0.2, 0.25) is 0 Å². The van der Waals surface area contributed by atoms with E-state index in [9.17, 15) is 4.79 Å². The first-order chi connectivity index (χ1) is 10.7. The maximum atomic E-state index is 12.5. The predicted molar refractivity (Wildman–Crippen MR) is 88.4 cm³/mol.